The number of alkyl halides is 1. The van der Waals surface area contributed by atoms with E-state index in [1.54, 1.807) is 11.3 Å². The highest BCUT2D eigenvalue weighted by Gasteiger charge is 2.02. The van der Waals surface area contributed by atoms with E-state index in [1.807, 2.05) is 6.20 Å². The van der Waals surface area contributed by atoms with Crippen LogP contribution in [0.5, 0.6) is 0 Å². The molecule has 0 saturated carbocycles. The van der Waals surface area contributed by atoms with Crippen LogP contribution in [0.25, 0.3) is 10.4 Å². The smallest absolute Gasteiger partial charge is 0.104 e. The predicted octanol–water partition coefficient (Wildman–Crippen LogP) is 4.01. The van der Waals surface area contributed by atoms with Crippen LogP contribution in [-0.4, -0.2) is 4.98 Å². The highest BCUT2D eigenvalue weighted by Crippen LogP contribution is 2.27. The SMILES string of the molecule is Cc1cccc(-c2cnc(CBr)s2)c1. The van der Waals surface area contributed by atoms with Gasteiger partial charge in [-0.3, -0.25) is 0 Å². The lowest BCUT2D eigenvalue weighted by molar-refractivity contribution is 1.28. The Morgan fingerprint density at radius 1 is 1.43 bits per heavy atom. The summed E-state index contributed by atoms with van der Waals surface area (Å²) in [5, 5.41) is 1.96. The molecule has 0 N–H and O–H groups in total. The van der Waals surface area contributed by atoms with E-state index in [9.17, 15) is 0 Å². The zero-order valence-corrected chi connectivity index (χ0v) is 10.2. The van der Waals surface area contributed by atoms with E-state index in [1.165, 1.54) is 16.0 Å². The highest BCUT2D eigenvalue weighted by molar-refractivity contribution is 9.08. The van der Waals surface area contributed by atoms with Crippen LogP contribution >= 0.6 is 27.3 Å². The van der Waals surface area contributed by atoms with Gasteiger partial charge in [-0.1, -0.05) is 45.8 Å². The largest absolute Gasteiger partial charge is 0.248 e. The molecule has 1 aromatic heterocycles. The van der Waals surface area contributed by atoms with Crippen molar-refractivity contribution < 1.29 is 0 Å². The molecule has 0 aliphatic rings. The zero-order chi connectivity index (χ0) is 9.97. The molecule has 1 nitrogen and oxygen atoms in total. The zero-order valence-electron chi connectivity index (χ0n) is 7.83. The molecule has 0 aliphatic carbocycles. The van der Waals surface area contributed by atoms with Crippen LogP contribution in [-0.2, 0) is 5.33 Å². The molecule has 0 amide bonds. The van der Waals surface area contributed by atoms with Gasteiger partial charge in [0, 0.05) is 6.20 Å². The summed E-state index contributed by atoms with van der Waals surface area (Å²) in [7, 11) is 0. The Balaban J connectivity index is 2.39. The number of halogens is 1. The topological polar surface area (TPSA) is 12.9 Å². The van der Waals surface area contributed by atoms with Gasteiger partial charge in [-0.25, -0.2) is 4.98 Å². The normalized spacial score (nSPS) is 10.4. The summed E-state index contributed by atoms with van der Waals surface area (Å²) in [6.45, 7) is 2.11. The van der Waals surface area contributed by atoms with Gasteiger partial charge in [0.25, 0.3) is 0 Å². The quantitative estimate of drug-likeness (QED) is 0.750. The average Bonchev–Trinajstić information content (AvgIpc) is 2.66. The van der Waals surface area contributed by atoms with Crippen molar-refractivity contribution in [1.82, 2.24) is 4.98 Å². The summed E-state index contributed by atoms with van der Waals surface area (Å²) < 4.78 is 0. The highest BCUT2D eigenvalue weighted by atomic mass is 79.9. The molecule has 0 radical (unpaired) electrons. The molecule has 3 heteroatoms. The second-order valence-corrected chi connectivity index (χ2v) is 4.80. The van der Waals surface area contributed by atoms with Crippen molar-refractivity contribution in [3.05, 3.63) is 41.0 Å². The Morgan fingerprint density at radius 3 is 2.93 bits per heavy atom. The Kier molecular flexibility index (Phi) is 2.99. The molecule has 0 saturated heterocycles. The fraction of sp³-hybridized carbons (Fsp3) is 0.182. The van der Waals surface area contributed by atoms with Gasteiger partial charge in [0.15, 0.2) is 0 Å². The lowest BCUT2D eigenvalue weighted by Gasteiger charge is -1.97. The van der Waals surface area contributed by atoms with Gasteiger partial charge in [-0.2, -0.15) is 0 Å². The van der Waals surface area contributed by atoms with Crippen molar-refractivity contribution in [3.8, 4) is 10.4 Å². The van der Waals surface area contributed by atoms with Crippen LogP contribution in [0.1, 0.15) is 10.6 Å². The Labute approximate surface area is 95.9 Å². The van der Waals surface area contributed by atoms with Gasteiger partial charge in [0.1, 0.15) is 5.01 Å². The predicted molar refractivity (Wildman–Crippen MR) is 64.9 cm³/mol. The number of aryl methyl sites for hydroxylation is 1. The molecule has 0 fully saturated rings. The van der Waals surface area contributed by atoms with Crippen LogP contribution < -0.4 is 0 Å². The lowest BCUT2D eigenvalue weighted by Crippen LogP contribution is -1.74. The molecular formula is C11H10BrNS. The molecule has 1 heterocycles. The average molecular weight is 268 g/mol. The minimum absolute atomic E-state index is 0.837. The van der Waals surface area contributed by atoms with Crippen molar-refractivity contribution in [3.63, 3.8) is 0 Å². The number of nitrogens with zero attached hydrogens (tertiary/aromatic N) is 1. The van der Waals surface area contributed by atoms with Crippen LogP contribution in [0.2, 0.25) is 0 Å². The van der Waals surface area contributed by atoms with E-state index in [0.717, 1.165) is 10.3 Å². The summed E-state index contributed by atoms with van der Waals surface area (Å²) >= 11 is 5.14. The molecule has 14 heavy (non-hydrogen) atoms. The van der Waals surface area contributed by atoms with E-state index < -0.39 is 0 Å². The first kappa shape index (κ1) is 9.87. The third kappa shape index (κ3) is 2.04. The van der Waals surface area contributed by atoms with Gasteiger partial charge in [-0.15, -0.1) is 11.3 Å². The summed E-state index contributed by atoms with van der Waals surface area (Å²) in [4.78, 5) is 5.55. The molecule has 0 unspecified atom stereocenters. The van der Waals surface area contributed by atoms with E-state index in [2.05, 4.69) is 52.1 Å². The van der Waals surface area contributed by atoms with Crippen molar-refractivity contribution in [2.24, 2.45) is 0 Å². The second-order valence-electron chi connectivity index (χ2n) is 3.12. The number of benzene rings is 1. The summed E-state index contributed by atoms with van der Waals surface area (Å²) in [6.07, 6.45) is 1.94. The van der Waals surface area contributed by atoms with Gasteiger partial charge >= 0.3 is 0 Å². The van der Waals surface area contributed by atoms with E-state index >= 15 is 0 Å². The molecule has 2 rings (SSSR count). The Bertz CT molecular complexity index is 436. The minimum atomic E-state index is 0.837. The van der Waals surface area contributed by atoms with Crippen LogP contribution in [0, 0.1) is 6.92 Å². The van der Waals surface area contributed by atoms with E-state index in [4.69, 9.17) is 0 Å². The molecule has 1 aromatic carbocycles. The Morgan fingerprint density at radius 2 is 2.29 bits per heavy atom. The van der Waals surface area contributed by atoms with Crippen molar-refractivity contribution >= 4 is 27.3 Å². The van der Waals surface area contributed by atoms with E-state index in [0.29, 0.717) is 0 Å². The van der Waals surface area contributed by atoms with Crippen LogP contribution in [0.3, 0.4) is 0 Å². The molecule has 0 atom stereocenters. The van der Waals surface area contributed by atoms with Gasteiger partial charge in [0.05, 0.1) is 10.2 Å². The summed E-state index contributed by atoms with van der Waals surface area (Å²) in [6, 6.07) is 8.50. The number of rotatable bonds is 2. The third-order valence-electron chi connectivity index (χ3n) is 1.97. The fourth-order valence-electron chi connectivity index (χ4n) is 1.30. The maximum absolute atomic E-state index is 4.31. The number of hydrogen-bond donors (Lipinski definition) is 0. The monoisotopic (exact) mass is 267 g/mol. The Hall–Kier alpha value is -0.670. The third-order valence-corrected chi connectivity index (χ3v) is 3.92. The first-order valence-electron chi connectivity index (χ1n) is 4.37. The van der Waals surface area contributed by atoms with Gasteiger partial charge < -0.3 is 0 Å². The second kappa shape index (κ2) is 4.24. The maximum atomic E-state index is 4.31. The molecular weight excluding hydrogens is 258 g/mol. The molecule has 72 valence electrons. The summed E-state index contributed by atoms with van der Waals surface area (Å²) in [5.74, 6) is 0. The minimum Gasteiger partial charge on any atom is -0.248 e. The number of thiazole rings is 1. The summed E-state index contributed by atoms with van der Waals surface area (Å²) in [5.41, 5.74) is 2.55. The van der Waals surface area contributed by atoms with Gasteiger partial charge in [-0.05, 0) is 12.5 Å². The fourth-order valence-corrected chi connectivity index (χ4v) is 2.56. The van der Waals surface area contributed by atoms with Crippen molar-refractivity contribution in [2.75, 3.05) is 0 Å². The number of hydrogen-bond acceptors (Lipinski definition) is 2. The standard InChI is InChI=1S/C11H10BrNS/c1-8-3-2-4-9(5-8)10-7-13-11(6-12)14-10/h2-5,7H,6H2,1H3. The van der Waals surface area contributed by atoms with Crippen LogP contribution in [0.15, 0.2) is 30.5 Å². The van der Waals surface area contributed by atoms with Gasteiger partial charge in [0.2, 0.25) is 0 Å². The maximum Gasteiger partial charge on any atom is 0.104 e. The molecule has 0 bridgehead atoms. The molecule has 0 aliphatic heterocycles. The number of aromatic nitrogens is 1. The first-order valence-corrected chi connectivity index (χ1v) is 6.31. The van der Waals surface area contributed by atoms with Crippen molar-refractivity contribution in [1.29, 1.82) is 0 Å². The molecule has 0 spiro atoms. The van der Waals surface area contributed by atoms with Crippen LogP contribution in [0.4, 0.5) is 0 Å². The lowest BCUT2D eigenvalue weighted by atomic mass is 10.1. The molecule has 2 aromatic rings. The van der Waals surface area contributed by atoms with Crippen molar-refractivity contribution in [2.45, 2.75) is 12.3 Å². The first-order chi connectivity index (χ1) is 6.79. The van der Waals surface area contributed by atoms with E-state index in [-0.39, 0.29) is 0 Å².